The van der Waals surface area contributed by atoms with Gasteiger partial charge in [0.1, 0.15) is 0 Å². The molecular weight excluding hydrogens is 276 g/mol. The van der Waals surface area contributed by atoms with Crippen LogP contribution in [0.25, 0.3) is 0 Å². The number of nitrogens with one attached hydrogen (secondary N) is 1. The molecule has 0 aliphatic rings. The van der Waals surface area contributed by atoms with E-state index in [1.807, 2.05) is 61.5 Å². The average Bonchev–Trinajstić information content (AvgIpc) is 2.53. The number of carbonyl (C=O) groups is 1. The predicted octanol–water partition coefficient (Wildman–Crippen LogP) is 2.83. The predicted molar refractivity (Wildman–Crippen MR) is 89.1 cm³/mol. The molecule has 1 amide bonds. The molecule has 0 spiro atoms. The van der Waals surface area contributed by atoms with Crippen LogP contribution in [0, 0.1) is 0 Å². The third-order valence-corrected chi connectivity index (χ3v) is 3.44. The SMILES string of the molecule is COCc1ccccc1C(=O)NCc1cccc(N(C)C)c1. The Morgan fingerprint density at radius 1 is 1.14 bits per heavy atom. The van der Waals surface area contributed by atoms with Crippen molar-refractivity contribution in [3.05, 3.63) is 65.2 Å². The van der Waals surface area contributed by atoms with Gasteiger partial charge in [-0.1, -0.05) is 30.3 Å². The number of nitrogens with zero attached hydrogens (tertiary/aromatic N) is 1. The van der Waals surface area contributed by atoms with Gasteiger partial charge in [-0.2, -0.15) is 0 Å². The fourth-order valence-electron chi connectivity index (χ4n) is 2.25. The maximum absolute atomic E-state index is 12.4. The summed E-state index contributed by atoms with van der Waals surface area (Å²) in [6.07, 6.45) is 0. The van der Waals surface area contributed by atoms with Gasteiger partial charge < -0.3 is 15.0 Å². The van der Waals surface area contributed by atoms with E-state index in [9.17, 15) is 4.79 Å². The molecule has 0 radical (unpaired) electrons. The number of hydrogen-bond acceptors (Lipinski definition) is 3. The molecule has 0 heterocycles. The first-order valence-corrected chi connectivity index (χ1v) is 7.23. The second-order valence-corrected chi connectivity index (χ2v) is 5.34. The Hall–Kier alpha value is -2.33. The summed E-state index contributed by atoms with van der Waals surface area (Å²) in [4.78, 5) is 14.4. The van der Waals surface area contributed by atoms with Crippen molar-refractivity contribution < 1.29 is 9.53 Å². The molecule has 0 aliphatic carbocycles. The molecule has 4 nitrogen and oxygen atoms in total. The van der Waals surface area contributed by atoms with Crippen molar-refractivity contribution in [1.82, 2.24) is 5.32 Å². The van der Waals surface area contributed by atoms with Gasteiger partial charge >= 0.3 is 0 Å². The minimum atomic E-state index is -0.0806. The molecule has 22 heavy (non-hydrogen) atoms. The fraction of sp³-hybridized carbons (Fsp3) is 0.278. The Morgan fingerprint density at radius 3 is 2.64 bits per heavy atom. The van der Waals surface area contributed by atoms with Gasteiger partial charge in [0.05, 0.1) is 6.61 Å². The molecule has 0 saturated heterocycles. The van der Waals surface area contributed by atoms with E-state index in [4.69, 9.17) is 4.74 Å². The third-order valence-electron chi connectivity index (χ3n) is 3.44. The number of carbonyl (C=O) groups excluding carboxylic acids is 1. The molecule has 0 aromatic heterocycles. The van der Waals surface area contributed by atoms with E-state index in [2.05, 4.69) is 11.4 Å². The average molecular weight is 298 g/mol. The number of anilines is 1. The molecule has 2 aromatic carbocycles. The summed E-state index contributed by atoms with van der Waals surface area (Å²) in [5.41, 5.74) is 3.74. The Labute approximate surface area is 131 Å². The van der Waals surface area contributed by atoms with Crippen LogP contribution in [0.4, 0.5) is 5.69 Å². The molecule has 0 aliphatic heterocycles. The standard InChI is InChI=1S/C18H22N2O2/c1-20(2)16-9-6-7-14(11-16)12-19-18(21)17-10-5-4-8-15(17)13-22-3/h4-11H,12-13H2,1-3H3,(H,19,21). The van der Waals surface area contributed by atoms with Crippen LogP contribution in [-0.4, -0.2) is 27.1 Å². The quantitative estimate of drug-likeness (QED) is 0.891. The maximum atomic E-state index is 12.4. The molecule has 116 valence electrons. The van der Waals surface area contributed by atoms with Gasteiger partial charge in [0.2, 0.25) is 0 Å². The van der Waals surface area contributed by atoms with Crippen molar-refractivity contribution >= 4 is 11.6 Å². The molecule has 2 aromatic rings. The number of amides is 1. The number of hydrogen-bond donors (Lipinski definition) is 1. The van der Waals surface area contributed by atoms with Crippen LogP contribution in [0.15, 0.2) is 48.5 Å². The van der Waals surface area contributed by atoms with Crippen LogP contribution < -0.4 is 10.2 Å². The summed E-state index contributed by atoms with van der Waals surface area (Å²) in [5.74, 6) is -0.0806. The number of benzene rings is 2. The number of rotatable bonds is 6. The number of methoxy groups -OCH3 is 1. The van der Waals surface area contributed by atoms with Gasteiger partial charge in [0.25, 0.3) is 5.91 Å². The largest absolute Gasteiger partial charge is 0.380 e. The van der Waals surface area contributed by atoms with Crippen molar-refractivity contribution in [3.8, 4) is 0 Å². The lowest BCUT2D eigenvalue weighted by atomic mass is 10.1. The third kappa shape index (κ3) is 4.09. The van der Waals surface area contributed by atoms with Crippen LogP contribution in [-0.2, 0) is 17.9 Å². The van der Waals surface area contributed by atoms with E-state index in [-0.39, 0.29) is 5.91 Å². The lowest BCUT2D eigenvalue weighted by Crippen LogP contribution is -2.24. The fourth-order valence-corrected chi connectivity index (χ4v) is 2.25. The molecule has 0 saturated carbocycles. The van der Waals surface area contributed by atoms with E-state index in [1.54, 1.807) is 7.11 Å². The van der Waals surface area contributed by atoms with Crippen LogP contribution in [0.5, 0.6) is 0 Å². The zero-order valence-electron chi connectivity index (χ0n) is 13.3. The lowest BCUT2D eigenvalue weighted by Gasteiger charge is -2.14. The zero-order chi connectivity index (χ0) is 15.9. The highest BCUT2D eigenvalue weighted by atomic mass is 16.5. The van der Waals surface area contributed by atoms with Gasteiger partial charge in [-0.3, -0.25) is 4.79 Å². The Morgan fingerprint density at radius 2 is 1.91 bits per heavy atom. The van der Waals surface area contributed by atoms with Crippen LogP contribution >= 0.6 is 0 Å². The Kier molecular flexibility index (Phi) is 5.55. The molecule has 0 bridgehead atoms. The van der Waals surface area contributed by atoms with E-state index in [1.165, 1.54) is 0 Å². The topological polar surface area (TPSA) is 41.6 Å². The van der Waals surface area contributed by atoms with Crippen molar-refractivity contribution in [2.24, 2.45) is 0 Å². The highest BCUT2D eigenvalue weighted by molar-refractivity contribution is 5.95. The second kappa shape index (κ2) is 7.61. The van der Waals surface area contributed by atoms with E-state index >= 15 is 0 Å². The van der Waals surface area contributed by atoms with Crippen molar-refractivity contribution in [2.45, 2.75) is 13.2 Å². The first-order valence-electron chi connectivity index (χ1n) is 7.23. The van der Waals surface area contributed by atoms with Gasteiger partial charge in [-0.15, -0.1) is 0 Å². The summed E-state index contributed by atoms with van der Waals surface area (Å²) in [5, 5.41) is 2.97. The monoisotopic (exact) mass is 298 g/mol. The van der Waals surface area contributed by atoms with Gasteiger partial charge in [-0.05, 0) is 29.3 Å². The van der Waals surface area contributed by atoms with Crippen LogP contribution in [0.3, 0.4) is 0 Å². The zero-order valence-corrected chi connectivity index (χ0v) is 13.3. The smallest absolute Gasteiger partial charge is 0.251 e. The first-order chi connectivity index (χ1) is 10.6. The minimum Gasteiger partial charge on any atom is -0.380 e. The summed E-state index contributed by atoms with van der Waals surface area (Å²) in [6.45, 7) is 0.932. The van der Waals surface area contributed by atoms with E-state index in [0.29, 0.717) is 18.7 Å². The number of ether oxygens (including phenoxy) is 1. The summed E-state index contributed by atoms with van der Waals surface area (Å²) >= 11 is 0. The highest BCUT2D eigenvalue weighted by Crippen LogP contribution is 2.14. The van der Waals surface area contributed by atoms with E-state index < -0.39 is 0 Å². The van der Waals surface area contributed by atoms with Gasteiger partial charge in [0, 0.05) is 39.0 Å². The summed E-state index contributed by atoms with van der Waals surface area (Å²) < 4.78 is 5.14. The molecule has 1 N–H and O–H groups in total. The minimum absolute atomic E-state index is 0.0806. The summed E-state index contributed by atoms with van der Waals surface area (Å²) in [7, 11) is 5.62. The van der Waals surface area contributed by atoms with E-state index in [0.717, 1.165) is 16.8 Å². The first kappa shape index (κ1) is 16.0. The molecule has 0 fully saturated rings. The van der Waals surface area contributed by atoms with Crippen LogP contribution in [0.2, 0.25) is 0 Å². The lowest BCUT2D eigenvalue weighted by molar-refractivity contribution is 0.0946. The van der Waals surface area contributed by atoms with Gasteiger partial charge in [0.15, 0.2) is 0 Å². The van der Waals surface area contributed by atoms with Crippen LogP contribution in [0.1, 0.15) is 21.5 Å². The molecule has 0 atom stereocenters. The molecule has 0 unspecified atom stereocenters. The van der Waals surface area contributed by atoms with Gasteiger partial charge in [-0.25, -0.2) is 0 Å². The van der Waals surface area contributed by atoms with Crippen molar-refractivity contribution in [3.63, 3.8) is 0 Å². The summed E-state index contributed by atoms with van der Waals surface area (Å²) in [6, 6.07) is 15.6. The normalized spacial score (nSPS) is 10.3. The maximum Gasteiger partial charge on any atom is 0.251 e. The molecular formula is C18H22N2O2. The Bertz CT molecular complexity index is 638. The van der Waals surface area contributed by atoms with Crippen molar-refractivity contribution in [1.29, 1.82) is 0 Å². The molecule has 4 heteroatoms. The highest BCUT2D eigenvalue weighted by Gasteiger charge is 2.10. The van der Waals surface area contributed by atoms with Crippen molar-refractivity contribution in [2.75, 3.05) is 26.1 Å². The molecule has 2 rings (SSSR count). The Balaban J connectivity index is 2.05. The second-order valence-electron chi connectivity index (χ2n) is 5.34.